The number of ether oxygens (including phenoxy) is 2. The molecular formula is C21H19NO6S. The molecule has 0 saturated carbocycles. The molecule has 2 aromatic rings. The molecule has 7 nitrogen and oxygen atoms in total. The summed E-state index contributed by atoms with van der Waals surface area (Å²) in [6, 6.07) is 11.4. The van der Waals surface area contributed by atoms with E-state index in [1.807, 2.05) is 0 Å². The maximum atomic E-state index is 12.4. The second-order valence-corrected chi connectivity index (χ2v) is 6.92. The fourth-order valence-corrected chi connectivity index (χ4v) is 3.60. The van der Waals surface area contributed by atoms with Crippen molar-refractivity contribution in [2.24, 2.45) is 4.99 Å². The van der Waals surface area contributed by atoms with Gasteiger partial charge in [-0.2, -0.15) is 0 Å². The summed E-state index contributed by atoms with van der Waals surface area (Å²) < 4.78 is 10.2. The Labute approximate surface area is 171 Å². The van der Waals surface area contributed by atoms with E-state index < -0.39 is 5.97 Å². The average Bonchev–Trinajstić information content (AvgIpc) is 3.01. The SMILES string of the molecule is CCOC(=O)C1=C(O)/C(=C\c2cccc(O)c2O)SC1=Nc1ccc(OC)cc1. The molecule has 2 aromatic carbocycles. The highest BCUT2D eigenvalue weighted by molar-refractivity contribution is 8.18. The number of rotatable bonds is 5. The van der Waals surface area contributed by atoms with Crippen LogP contribution in [-0.2, 0) is 9.53 Å². The van der Waals surface area contributed by atoms with Crippen LogP contribution in [0.1, 0.15) is 12.5 Å². The van der Waals surface area contributed by atoms with Gasteiger partial charge in [-0.3, -0.25) is 0 Å². The molecule has 29 heavy (non-hydrogen) atoms. The van der Waals surface area contributed by atoms with Crippen LogP contribution >= 0.6 is 11.8 Å². The van der Waals surface area contributed by atoms with Crippen molar-refractivity contribution in [2.75, 3.05) is 13.7 Å². The van der Waals surface area contributed by atoms with Crippen LogP contribution in [0.2, 0.25) is 0 Å². The third-order valence-corrected chi connectivity index (χ3v) is 5.03. The van der Waals surface area contributed by atoms with Gasteiger partial charge in [0, 0.05) is 5.56 Å². The van der Waals surface area contributed by atoms with Crippen molar-refractivity contribution >= 4 is 34.5 Å². The molecule has 0 bridgehead atoms. The lowest BCUT2D eigenvalue weighted by molar-refractivity contribution is -0.138. The van der Waals surface area contributed by atoms with Crippen LogP contribution in [0.3, 0.4) is 0 Å². The number of nitrogens with zero attached hydrogens (tertiary/aromatic N) is 1. The number of benzene rings is 2. The molecule has 0 atom stereocenters. The number of aromatic hydroxyl groups is 2. The molecule has 0 radical (unpaired) electrons. The third kappa shape index (κ3) is 4.38. The predicted octanol–water partition coefficient (Wildman–Crippen LogP) is 4.30. The van der Waals surface area contributed by atoms with E-state index in [0.29, 0.717) is 16.3 Å². The maximum absolute atomic E-state index is 12.4. The molecule has 0 unspecified atom stereocenters. The number of carbonyl (C=O) groups is 1. The molecule has 0 aromatic heterocycles. The molecule has 1 aliphatic rings. The topological polar surface area (TPSA) is 109 Å². The minimum Gasteiger partial charge on any atom is -0.506 e. The minimum atomic E-state index is -0.701. The normalized spacial score (nSPS) is 16.5. The van der Waals surface area contributed by atoms with Crippen LogP contribution in [0.25, 0.3) is 6.08 Å². The van der Waals surface area contributed by atoms with Gasteiger partial charge < -0.3 is 24.8 Å². The molecule has 0 amide bonds. The van der Waals surface area contributed by atoms with Crippen LogP contribution in [0.5, 0.6) is 17.2 Å². The van der Waals surface area contributed by atoms with E-state index in [4.69, 9.17) is 9.47 Å². The summed E-state index contributed by atoms with van der Waals surface area (Å²) in [4.78, 5) is 17.2. The number of hydrogen-bond acceptors (Lipinski definition) is 8. The van der Waals surface area contributed by atoms with Gasteiger partial charge in [-0.05, 0) is 43.3 Å². The number of phenols is 2. The monoisotopic (exact) mass is 413 g/mol. The summed E-state index contributed by atoms with van der Waals surface area (Å²) in [5.41, 5.74) is 0.788. The zero-order chi connectivity index (χ0) is 21.0. The number of thioether (sulfide) groups is 1. The highest BCUT2D eigenvalue weighted by atomic mass is 32.2. The molecule has 0 fully saturated rings. The smallest absolute Gasteiger partial charge is 0.344 e. The van der Waals surface area contributed by atoms with Crippen LogP contribution in [0, 0.1) is 0 Å². The Morgan fingerprint density at radius 3 is 2.52 bits per heavy atom. The van der Waals surface area contributed by atoms with Gasteiger partial charge in [0.05, 0.1) is 24.3 Å². The van der Waals surface area contributed by atoms with E-state index in [2.05, 4.69) is 4.99 Å². The largest absolute Gasteiger partial charge is 0.506 e. The molecular weight excluding hydrogens is 394 g/mol. The summed E-state index contributed by atoms with van der Waals surface area (Å²) in [5.74, 6) is -0.955. The van der Waals surface area contributed by atoms with Gasteiger partial charge in [0.2, 0.25) is 0 Å². The summed E-state index contributed by atoms with van der Waals surface area (Å²) >= 11 is 1.06. The van der Waals surface area contributed by atoms with Gasteiger partial charge in [0.15, 0.2) is 11.5 Å². The van der Waals surface area contributed by atoms with Gasteiger partial charge in [-0.25, -0.2) is 9.79 Å². The molecule has 3 rings (SSSR count). The minimum absolute atomic E-state index is 0.0569. The molecule has 0 spiro atoms. The standard InChI is InChI=1S/C21H19NO6S/c1-3-28-21(26)17-19(25)16(11-12-5-4-6-15(23)18(12)24)29-20(17)22-13-7-9-14(27-2)10-8-13/h4-11,23-25H,3H2,1-2H3/b16-11+,22-20?. The van der Waals surface area contributed by atoms with Crippen LogP contribution in [-0.4, -0.2) is 40.0 Å². The number of aliphatic imine (C=N–C) groups is 1. The first-order valence-electron chi connectivity index (χ1n) is 8.69. The van der Waals surface area contributed by atoms with Crippen molar-refractivity contribution in [1.82, 2.24) is 0 Å². The third-order valence-electron chi connectivity index (χ3n) is 4.01. The predicted molar refractivity (Wildman–Crippen MR) is 112 cm³/mol. The lowest BCUT2D eigenvalue weighted by Gasteiger charge is -2.04. The molecule has 0 saturated heterocycles. The first-order chi connectivity index (χ1) is 13.9. The molecule has 150 valence electrons. The average molecular weight is 413 g/mol. The van der Waals surface area contributed by atoms with E-state index in [0.717, 1.165) is 11.8 Å². The fourth-order valence-electron chi connectivity index (χ4n) is 2.57. The summed E-state index contributed by atoms with van der Waals surface area (Å²) in [6.45, 7) is 1.81. The number of aliphatic hydroxyl groups is 1. The Hall–Kier alpha value is -3.39. The van der Waals surface area contributed by atoms with E-state index in [1.165, 1.54) is 12.1 Å². The van der Waals surface area contributed by atoms with Gasteiger partial charge in [-0.1, -0.05) is 23.9 Å². The van der Waals surface area contributed by atoms with Crippen molar-refractivity contribution in [1.29, 1.82) is 0 Å². The van der Waals surface area contributed by atoms with Crippen LogP contribution in [0.4, 0.5) is 5.69 Å². The first kappa shape index (κ1) is 20.3. The molecule has 0 aliphatic carbocycles. The number of aliphatic hydroxyl groups excluding tert-OH is 1. The number of esters is 1. The molecule has 8 heteroatoms. The second-order valence-electron chi connectivity index (χ2n) is 5.88. The van der Waals surface area contributed by atoms with E-state index in [1.54, 1.807) is 50.4 Å². The number of methoxy groups -OCH3 is 1. The summed E-state index contributed by atoms with van der Waals surface area (Å²) in [6.07, 6.45) is 1.46. The highest BCUT2D eigenvalue weighted by Gasteiger charge is 2.33. The van der Waals surface area contributed by atoms with Crippen molar-refractivity contribution in [2.45, 2.75) is 6.92 Å². The van der Waals surface area contributed by atoms with E-state index >= 15 is 0 Å². The number of para-hydroxylation sites is 1. The first-order valence-corrected chi connectivity index (χ1v) is 9.50. The van der Waals surface area contributed by atoms with Gasteiger partial charge in [-0.15, -0.1) is 0 Å². The molecule has 1 aliphatic heterocycles. The van der Waals surface area contributed by atoms with E-state index in [9.17, 15) is 20.1 Å². The maximum Gasteiger partial charge on any atom is 0.344 e. The van der Waals surface area contributed by atoms with Gasteiger partial charge >= 0.3 is 5.97 Å². The lowest BCUT2D eigenvalue weighted by Crippen LogP contribution is -2.12. The van der Waals surface area contributed by atoms with Gasteiger partial charge in [0.1, 0.15) is 22.1 Å². The number of hydrogen-bond donors (Lipinski definition) is 3. The Morgan fingerprint density at radius 2 is 1.86 bits per heavy atom. The summed E-state index contributed by atoms with van der Waals surface area (Å²) in [5, 5.41) is 30.6. The highest BCUT2D eigenvalue weighted by Crippen LogP contribution is 2.42. The van der Waals surface area contributed by atoms with Crippen molar-refractivity contribution in [3.05, 3.63) is 64.3 Å². The van der Waals surface area contributed by atoms with Crippen molar-refractivity contribution in [3.63, 3.8) is 0 Å². The quantitative estimate of drug-likeness (QED) is 0.495. The van der Waals surface area contributed by atoms with Crippen molar-refractivity contribution in [3.8, 4) is 17.2 Å². The molecule has 1 heterocycles. The van der Waals surface area contributed by atoms with Crippen LogP contribution < -0.4 is 4.74 Å². The van der Waals surface area contributed by atoms with E-state index in [-0.39, 0.29) is 40.0 Å². The zero-order valence-electron chi connectivity index (χ0n) is 15.7. The Morgan fingerprint density at radius 1 is 1.14 bits per heavy atom. The lowest BCUT2D eigenvalue weighted by atomic mass is 10.1. The van der Waals surface area contributed by atoms with Gasteiger partial charge in [0.25, 0.3) is 0 Å². The Bertz CT molecular complexity index is 1020. The Kier molecular flexibility index (Phi) is 6.13. The zero-order valence-corrected chi connectivity index (χ0v) is 16.6. The second kappa shape index (κ2) is 8.74. The Balaban J connectivity index is 2.05. The van der Waals surface area contributed by atoms with Crippen LogP contribution in [0.15, 0.2) is 63.7 Å². The number of carbonyl (C=O) groups excluding carboxylic acids is 1. The number of phenolic OH excluding ortho intramolecular Hbond substituents is 2. The summed E-state index contributed by atoms with van der Waals surface area (Å²) in [7, 11) is 1.56. The fraction of sp³-hybridized carbons (Fsp3) is 0.143. The van der Waals surface area contributed by atoms with Crippen molar-refractivity contribution < 1.29 is 29.6 Å². The molecule has 3 N–H and O–H groups in total.